The fourth-order valence-corrected chi connectivity index (χ4v) is 2.05. The minimum atomic E-state index is -0.262. The number of aromatic nitrogens is 2. The first kappa shape index (κ1) is 13.3. The van der Waals surface area contributed by atoms with Crippen LogP contribution in [0.1, 0.15) is 26.2 Å². The van der Waals surface area contributed by atoms with Crippen LogP contribution in [0.15, 0.2) is 33.9 Å². The Balaban J connectivity index is 2.25. The molecule has 1 N–H and O–H groups in total. The monoisotopic (exact) mass is 260 g/mol. The molecule has 2 aromatic rings. The Morgan fingerprint density at radius 2 is 1.84 bits per heavy atom. The van der Waals surface area contributed by atoms with Gasteiger partial charge in [0, 0.05) is 13.0 Å². The zero-order valence-electron chi connectivity index (χ0n) is 10.8. The SMILES string of the molecule is CC(=O)CCCCn1[nH]c(=O)c2ccccc2c1=O. The molecule has 0 spiro atoms. The van der Waals surface area contributed by atoms with E-state index in [4.69, 9.17) is 0 Å². The van der Waals surface area contributed by atoms with Gasteiger partial charge in [0.2, 0.25) is 0 Å². The fourth-order valence-electron chi connectivity index (χ4n) is 2.05. The molecule has 0 unspecified atom stereocenters. The van der Waals surface area contributed by atoms with E-state index in [0.717, 1.165) is 6.42 Å². The minimum absolute atomic E-state index is 0.138. The summed E-state index contributed by atoms with van der Waals surface area (Å²) in [6.07, 6.45) is 1.91. The van der Waals surface area contributed by atoms with Crippen LogP contribution in [-0.4, -0.2) is 15.6 Å². The molecule has 100 valence electrons. The molecule has 0 aliphatic carbocycles. The highest BCUT2D eigenvalue weighted by Gasteiger charge is 2.06. The van der Waals surface area contributed by atoms with E-state index in [1.165, 1.54) is 4.68 Å². The van der Waals surface area contributed by atoms with E-state index in [1.807, 2.05) is 0 Å². The summed E-state index contributed by atoms with van der Waals surface area (Å²) in [4.78, 5) is 34.8. The lowest BCUT2D eigenvalue weighted by Crippen LogP contribution is -2.29. The van der Waals surface area contributed by atoms with Crippen LogP contribution in [0, 0.1) is 0 Å². The maximum atomic E-state index is 12.1. The van der Waals surface area contributed by atoms with Crippen molar-refractivity contribution in [3.63, 3.8) is 0 Å². The van der Waals surface area contributed by atoms with Crippen LogP contribution in [0.4, 0.5) is 0 Å². The highest BCUT2D eigenvalue weighted by Crippen LogP contribution is 2.03. The summed E-state index contributed by atoms with van der Waals surface area (Å²) in [6.45, 7) is 1.97. The number of carbonyl (C=O) groups is 1. The number of H-pyrrole nitrogens is 1. The van der Waals surface area contributed by atoms with Gasteiger partial charge in [-0.15, -0.1) is 0 Å². The van der Waals surface area contributed by atoms with Gasteiger partial charge in [0.25, 0.3) is 11.1 Å². The van der Waals surface area contributed by atoms with Gasteiger partial charge in [-0.3, -0.25) is 14.7 Å². The van der Waals surface area contributed by atoms with Crippen molar-refractivity contribution >= 4 is 16.6 Å². The second-order valence-electron chi connectivity index (χ2n) is 4.60. The van der Waals surface area contributed by atoms with E-state index in [0.29, 0.717) is 30.2 Å². The first-order valence-electron chi connectivity index (χ1n) is 6.31. The largest absolute Gasteiger partial charge is 0.300 e. The Hall–Kier alpha value is -2.17. The van der Waals surface area contributed by atoms with E-state index >= 15 is 0 Å². The third-order valence-corrected chi connectivity index (χ3v) is 3.04. The molecule has 0 atom stereocenters. The average molecular weight is 260 g/mol. The number of nitrogens with zero attached hydrogens (tertiary/aromatic N) is 1. The number of unbranched alkanes of at least 4 members (excludes halogenated alkanes) is 1. The number of nitrogens with one attached hydrogen (secondary N) is 1. The number of fused-ring (bicyclic) bond motifs is 1. The third-order valence-electron chi connectivity index (χ3n) is 3.04. The predicted molar refractivity (Wildman–Crippen MR) is 73.4 cm³/mol. The molecule has 0 bridgehead atoms. The number of hydrogen-bond acceptors (Lipinski definition) is 3. The normalized spacial score (nSPS) is 10.8. The molecule has 1 heterocycles. The van der Waals surface area contributed by atoms with E-state index in [2.05, 4.69) is 5.10 Å². The summed E-state index contributed by atoms with van der Waals surface area (Å²) in [5.74, 6) is 0.138. The lowest BCUT2D eigenvalue weighted by atomic mass is 10.2. The predicted octanol–water partition coefficient (Wildman–Crippen LogP) is 1.45. The molecule has 5 heteroatoms. The fraction of sp³-hybridized carbons (Fsp3) is 0.357. The lowest BCUT2D eigenvalue weighted by molar-refractivity contribution is -0.117. The van der Waals surface area contributed by atoms with Crippen LogP contribution in [0.25, 0.3) is 10.8 Å². The molecule has 1 aromatic heterocycles. The molecule has 1 aromatic carbocycles. The quantitative estimate of drug-likeness (QED) is 0.827. The minimum Gasteiger partial charge on any atom is -0.300 e. The van der Waals surface area contributed by atoms with Crippen LogP contribution >= 0.6 is 0 Å². The van der Waals surface area contributed by atoms with E-state index < -0.39 is 0 Å². The molecular weight excluding hydrogens is 244 g/mol. The van der Waals surface area contributed by atoms with Crippen molar-refractivity contribution in [1.29, 1.82) is 0 Å². The number of hydrogen-bond donors (Lipinski definition) is 1. The zero-order chi connectivity index (χ0) is 13.8. The van der Waals surface area contributed by atoms with Gasteiger partial charge in [0.05, 0.1) is 10.8 Å². The summed E-state index contributed by atoms with van der Waals surface area (Å²) in [5.41, 5.74) is -0.459. The smallest absolute Gasteiger partial charge is 0.273 e. The topological polar surface area (TPSA) is 71.9 Å². The molecule has 0 aliphatic heterocycles. The first-order chi connectivity index (χ1) is 9.09. The van der Waals surface area contributed by atoms with E-state index in [9.17, 15) is 14.4 Å². The Bertz CT molecular complexity index is 712. The molecule has 0 saturated heterocycles. The Morgan fingerprint density at radius 3 is 2.53 bits per heavy atom. The molecule has 0 fully saturated rings. The number of benzene rings is 1. The highest BCUT2D eigenvalue weighted by atomic mass is 16.2. The van der Waals surface area contributed by atoms with Crippen molar-refractivity contribution in [3.8, 4) is 0 Å². The standard InChI is InChI=1S/C14H16N2O3/c1-10(17)6-4-5-9-16-14(19)12-8-3-2-7-11(12)13(18)15-16/h2-3,7-8H,4-6,9H2,1H3,(H,15,18). The van der Waals surface area contributed by atoms with Gasteiger partial charge in [-0.1, -0.05) is 12.1 Å². The van der Waals surface area contributed by atoms with E-state index in [-0.39, 0.29) is 16.9 Å². The lowest BCUT2D eigenvalue weighted by Gasteiger charge is -2.06. The van der Waals surface area contributed by atoms with Gasteiger partial charge in [-0.25, -0.2) is 4.68 Å². The zero-order valence-corrected chi connectivity index (χ0v) is 10.8. The van der Waals surface area contributed by atoms with Crippen molar-refractivity contribution in [2.24, 2.45) is 0 Å². The van der Waals surface area contributed by atoms with Gasteiger partial charge in [0.1, 0.15) is 5.78 Å². The van der Waals surface area contributed by atoms with Gasteiger partial charge in [-0.2, -0.15) is 0 Å². The molecule has 0 aliphatic rings. The second kappa shape index (κ2) is 5.65. The summed E-state index contributed by atoms with van der Waals surface area (Å²) in [7, 11) is 0. The van der Waals surface area contributed by atoms with Crippen molar-refractivity contribution in [2.75, 3.05) is 0 Å². The third kappa shape index (κ3) is 2.99. The van der Waals surface area contributed by atoms with Crippen LogP contribution in [-0.2, 0) is 11.3 Å². The average Bonchev–Trinajstić information content (AvgIpc) is 2.40. The number of aryl methyl sites for hydroxylation is 1. The number of ketones is 1. The Labute approximate surface area is 109 Å². The summed E-state index contributed by atoms with van der Waals surface area (Å²) < 4.78 is 1.32. The van der Waals surface area contributed by atoms with Crippen LogP contribution in [0.3, 0.4) is 0 Å². The van der Waals surface area contributed by atoms with Crippen molar-refractivity contribution in [1.82, 2.24) is 9.78 Å². The van der Waals surface area contributed by atoms with Crippen molar-refractivity contribution in [3.05, 3.63) is 45.0 Å². The van der Waals surface area contributed by atoms with Gasteiger partial charge < -0.3 is 4.79 Å². The molecule has 2 rings (SSSR count). The van der Waals surface area contributed by atoms with E-state index in [1.54, 1.807) is 31.2 Å². The summed E-state index contributed by atoms with van der Waals surface area (Å²) >= 11 is 0. The maximum Gasteiger partial charge on any atom is 0.273 e. The van der Waals surface area contributed by atoms with Crippen molar-refractivity contribution in [2.45, 2.75) is 32.7 Å². The molecule has 19 heavy (non-hydrogen) atoms. The second-order valence-corrected chi connectivity index (χ2v) is 4.60. The van der Waals surface area contributed by atoms with Crippen molar-refractivity contribution < 1.29 is 4.79 Å². The summed E-state index contributed by atoms with van der Waals surface area (Å²) in [5, 5.41) is 3.41. The molecule has 0 radical (unpaired) electrons. The van der Waals surface area contributed by atoms with Gasteiger partial charge in [0.15, 0.2) is 0 Å². The first-order valence-corrected chi connectivity index (χ1v) is 6.31. The maximum absolute atomic E-state index is 12.1. The van der Waals surface area contributed by atoms with Crippen LogP contribution in [0.5, 0.6) is 0 Å². The Morgan fingerprint density at radius 1 is 1.16 bits per heavy atom. The van der Waals surface area contributed by atoms with Crippen LogP contribution in [0.2, 0.25) is 0 Å². The molecule has 0 saturated carbocycles. The molecular formula is C14H16N2O3. The van der Waals surface area contributed by atoms with Crippen LogP contribution < -0.4 is 11.1 Å². The summed E-state index contributed by atoms with van der Waals surface area (Å²) in [6, 6.07) is 6.76. The molecule has 5 nitrogen and oxygen atoms in total. The van der Waals surface area contributed by atoms with Gasteiger partial charge in [-0.05, 0) is 31.9 Å². The highest BCUT2D eigenvalue weighted by molar-refractivity contribution is 5.80. The molecule has 0 amide bonds. The number of carbonyl (C=O) groups excluding carboxylic acids is 1. The number of aromatic amines is 1. The number of Topliss-reactive ketones (excluding diaryl/α,β-unsaturated/α-hetero) is 1. The Kier molecular flexibility index (Phi) is 3.94. The number of rotatable bonds is 5. The van der Waals surface area contributed by atoms with Gasteiger partial charge >= 0.3 is 0 Å².